The van der Waals surface area contributed by atoms with Crippen LogP contribution in [0.1, 0.15) is 23.7 Å². The summed E-state index contributed by atoms with van der Waals surface area (Å²) in [5.74, 6) is -3.40. The predicted octanol–water partition coefficient (Wildman–Crippen LogP) is 1.12. The Balaban J connectivity index is 2.94. The van der Waals surface area contributed by atoms with E-state index in [1.165, 1.54) is 6.92 Å². The Hall–Kier alpha value is -1.48. The molecule has 0 aliphatic rings. The van der Waals surface area contributed by atoms with E-state index in [-0.39, 0.29) is 22.8 Å². The maximum absolute atomic E-state index is 13.2. The minimum Gasteiger partial charge on any atom is -0.478 e. The lowest BCUT2D eigenvalue weighted by atomic mass is 10.2. The van der Waals surface area contributed by atoms with Gasteiger partial charge >= 0.3 is 5.97 Å². The van der Waals surface area contributed by atoms with E-state index in [4.69, 9.17) is 5.11 Å². The smallest absolute Gasteiger partial charge is 0.338 e. The van der Waals surface area contributed by atoms with E-state index in [9.17, 15) is 26.0 Å². The molecule has 0 bridgehead atoms. The first-order valence-electron chi connectivity index (χ1n) is 6.05. The van der Waals surface area contributed by atoms with Gasteiger partial charge in [-0.25, -0.2) is 26.0 Å². The minimum absolute atomic E-state index is 0.0766. The summed E-state index contributed by atoms with van der Waals surface area (Å²) >= 11 is 0. The molecule has 21 heavy (non-hydrogen) atoms. The molecule has 118 valence electrons. The number of sulfone groups is 2. The highest BCUT2D eigenvalue weighted by Crippen LogP contribution is 2.17. The Morgan fingerprint density at radius 2 is 1.81 bits per heavy atom. The number of rotatable bonds is 7. The zero-order chi connectivity index (χ0) is 16.3. The van der Waals surface area contributed by atoms with Crippen molar-refractivity contribution in [1.82, 2.24) is 0 Å². The van der Waals surface area contributed by atoms with Crippen LogP contribution in [-0.2, 0) is 19.7 Å². The zero-order valence-electron chi connectivity index (χ0n) is 11.2. The summed E-state index contributed by atoms with van der Waals surface area (Å²) in [4.78, 5) is 10.4. The fourth-order valence-electron chi connectivity index (χ4n) is 1.59. The highest BCUT2D eigenvalue weighted by atomic mass is 32.2. The summed E-state index contributed by atoms with van der Waals surface area (Å²) in [7, 11) is -7.13. The monoisotopic (exact) mass is 338 g/mol. The molecule has 0 saturated heterocycles. The van der Waals surface area contributed by atoms with Gasteiger partial charge in [0, 0.05) is 5.75 Å². The predicted molar refractivity (Wildman–Crippen MR) is 74.4 cm³/mol. The van der Waals surface area contributed by atoms with Gasteiger partial charge in [0.15, 0.2) is 9.84 Å². The van der Waals surface area contributed by atoms with E-state index >= 15 is 0 Å². The molecule has 0 saturated carbocycles. The van der Waals surface area contributed by atoms with Crippen molar-refractivity contribution in [1.29, 1.82) is 0 Å². The molecule has 0 unspecified atom stereocenters. The van der Waals surface area contributed by atoms with Crippen molar-refractivity contribution in [3.05, 3.63) is 29.6 Å². The van der Waals surface area contributed by atoms with Gasteiger partial charge < -0.3 is 5.11 Å². The van der Waals surface area contributed by atoms with Crippen LogP contribution in [0.3, 0.4) is 0 Å². The molecule has 0 radical (unpaired) electrons. The lowest BCUT2D eigenvalue weighted by Gasteiger charge is -2.06. The molecule has 0 aliphatic carbocycles. The molecule has 0 amide bonds. The van der Waals surface area contributed by atoms with Gasteiger partial charge in [-0.15, -0.1) is 0 Å². The molecule has 9 heteroatoms. The number of aromatic carboxylic acids is 1. The van der Waals surface area contributed by atoms with Crippen molar-refractivity contribution in [2.24, 2.45) is 0 Å². The van der Waals surface area contributed by atoms with Crippen LogP contribution >= 0.6 is 0 Å². The quantitative estimate of drug-likeness (QED) is 0.747. The van der Waals surface area contributed by atoms with Crippen molar-refractivity contribution in [3.8, 4) is 0 Å². The first-order valence-corrected chi connectivity index (χ1v) is 9.52. The highest BCUT2D eigenvalue weighted by molar-refractivity contribution is 7.92. The summed E-state index contributed by atoms with van der Waals surface area (Å²) in [5.41, 5.74) is -0.739. The Labute approximate surface area is 122 Å². The van der Waals surface area contributed by atoms with Gasteiger partial charge in [-0.1, -0.05) is 6.92 Å². The Bertz CT molecular complexity index is 737. The van der Waals surface area contributed by atoms with Crippen molar-refractivity contribution in [2.75, 3.05) is 17.3 Å². The number of carboxylic acids is 1. The number of hydrogen-bond donors (Lipinski definition) is 1. The summed E-state index contributed by atoms with van der Waals surface area (Å²) < 4.78 is 59.7. The molecular formula is C12H15FO6S2. The van der Waals surface area contributed by atoms with Crippen LogP contribution in [0.15, 0.2) is 23.1 Å². The van der Waals surface area contributed by atoms with Gasteiger partial charge in [0.1, 0.15) is 15.7 Å². The van der Waals surface area contributed by atoms with Crippen LogP contribution in [0.2, 0.25) is 0 Å². The molecule has 1 rings (SSSR count). The molecular weight excluding hydrogens is 323 g/mol. The largest absolute Gasteiger partial charge is 0.478 e. The Kier molecular flexibility index (Phi) is 5.46. The van der Waals surface area contributed by atoms with Gasteiger partial charge in [0.05, 0.1) is 22.0 Å². The number of benzene rings is 1. The number of hydrogen-bond acceptors (Lipinski definition) is 5. The number of carbonyl (C=O) groups is 1. The third-order valence-corrected chi connectivity index (χ3v) is 6.42. The van der Waals surface area contributed by atoms with Gasteiger partial charge in [-0.3, -0.25) is 0 Å². The fourth-order valence-corrected chi connectivity index (χ4v) is 3.98. The molecule has 0 fully saturated rings. The van der Waals surface area contributed by atoms with Crippen LogP contribution < -0.4 is 0 Å². The van der Waals surface area contributed by atoms with Gasteiger partial charge in [0.2, 0.25) is 0 Å². The van der Waals surface area contributed by atoms with E-state index in [0.717, 1.165) is 18.2 Å². The van der Waals surface area contributed by atoms with Crippen LogP contribution in [0.5, 0.6) is 0 Å². The molecule has 1 N–H and O–H groups in total. The third kappa shape index (κ3) is 4.78. The van der Waals surface area contributed by atoms with Crippen molar-refractivity contribution >= 4 is 25.6 Å². The number of halogens is 1. The van der Waals surface area contributed by atoms with Crippen molar-refractivity contribution in [2.45, 2.75) is 18.2 Å². The molecule has 1 aromatic carbocycles. The average Bonchev–Trinajstić information content (AvgIpc) is 2.38. The maximum atomic E-state index is 13.2. The summed E-state index contributed by atoms with van der Waals surface area (Å²) in [6.07, 6.45) is -0.0989. The first kappa shape index (κ1) is 17.6. The summed E-state index contributed by atoms with van der Waals surface area (Å²) in [6, 6.07) is 2.46. The second-order valence-corrected chi connectivity index (χ2v) is 8.94. The van der Waals surface area contributed by atoms with Gasteiger partial charge in [0.25, 0.3) is 0 Å². The molecule has 0 heterocycles. The summed E-state index contributed by atoms with van der Waals surface area (Å²) in [5, 5.41) is 8.76. The molecule has 0 atom stereocenters. The lowest BCUT2D eigenvalue weighted by molar-refractivity contribution is 0.0691. The maximum Gasteiger partial charge on any atom is 0.338 e. The van der Waals surface area contributed by atoms with Crippen molar-refractivity contribution in [3.63, 3.8) is 0 Å². The Morgan fingerprint density at radius 3 is 2.33 bits per heavy atom. The normalized spacial score (nSPS) is 12.3. The standard InChI is InChI=1S/C12H15FO6S2/c1-2-20(16,17)6-3-7-21(18,19)9-4-5-11(13)10(8-9)12(14)15/h4-5,8H,2-3,6-7H2,1H3,(H,14,15). The molecule has 1 aromatic rings. The third-order valence-electron chi connectivity index (χ3n) is 2.84. The second-order valence-electron chi connectivity index (χ2n) is 4.36. The lowest BCUT2D eigenvalue weighted by Crippen LogP contribution is -2.15. The highest BCUT2D eigenvalue weighted by Gasteiger charge is 2.20. The van der Waals surface area contributed by atoms with E-state index in [2.05, 4.69) is 0 Å². The van der Waals surface area contributed by atoms with Gasteiger partial charge in [-0.2, -0.15) is 0 Å². The molecule has 0 aromatic heterocycles. The van der Waals surface area contributed by atoms with Crippen LogP contribution in [-0.4, -0.2) is 45.2 Å². The number of carboxylic acid groups (broad SMARTS) is 1. The van der Waals surface area contributed by atoms with Crippen molar-refractivity contribution < 1.29 is 31.1 Å². The van der Waals surface area contributed by atoms with E-state index in [0.29, 0.717) is 0 Å². The second kappa shape index (κ2) is 6.52. The average molecular weight is 338 g/mol. The topological polar surface area (TPSA) is 106 Å². The first-order chi connectivity index (χ1) is 9.59. The van der Waals surface area contributed by atoms with Crippen LogP contribution in [0, 0.1) is 5.82 Å². The van der Waals surface area contributed by atoms with E-state index in [1.54, 1.807) is 0 Å². The Morgan fingerprint density at radius 1 is 1.19 bits per heavy atom. The minimum atomic E-state index is -3.86. The molecule has 0 aliphatic heterocycles. The van der Waals surface area contributed by atoms with Gasteiger partial charge in [-0.05, 0) is 24.6 Å². The van der Waals surface area contributed by atoms with Crippen LogP contribution in [0.25, 0.3) is 0 Å². The molecule has 6 nitrogen and oxygen atoms in total. The van der Waals surface area contributed by atoms with Crippen LogP contribution in [0.4, 0.5) is 4.39 Å². The summed E-state index contributed by atoms with van der Waals surface area (Å²) in [6.45, 7) is 1.46. The van der Waals surface area contributed by atoms with E-state index in [1.807, 2.05) is 0 Å². The SMILES string of the molecule is CCS(=O)(=O)CCCS(=O)(=O)c1ccc(F)c(C(=O)O)c1. The fraction of sp³-hybridized carbons (Fsp3) is 0.417. The zero-order valence-corrected chi connectivity index (χ0v) is 12.9. The molecule has 0 spiro atoms. The van der Waals surface area contributed by atoms with E-state index < -0.39 is 42.8 Å².